The first-order valence-electron chi connectivity index (χ1n) is 3.46. The van der Waals surface area contributed by atoms with E-state index in [1.54, 1.807) is 0 Å². The lowest BCUT2D eigenvalue weighted by molar-refractivity contribution is 0.226. The van der Waals surface area contributed by atoms with Gasteiger partial charge in [0.1, 0.15) is 0 Å². The van der Waals surface area contributed by atoms with Gasteiger partial charge in [0, 0.05) is 5.54 Å². The zero-order valence-corrected chi connectivity index (χ0v) is 5.38. The van der Waals surface area contributed by atoms with Gasteiger partial charge in [0.2, 0.25) is 0 Å². The molecule has 0 aliphatic heterocycles. The minimum atomic E-state index is 0.0503. The minimum Gasteiger partial charge on any atom is -0.321 e. The smallest absolute Gasteiger partial charge is 0.0406 e. The molecule has 1 nitrogen and oxygen atoms in total. The van der Waals surface area contributed by atoms with Crippen LogP contribution in [0.4, 0.5) is 0 Å². The van der Waals surface area contributed by atoms with Crippen molar-refractivity contribution in [1.82, 2.24) is 0 Å². The van der Waals surface area contributed by atoms with E-state index in [0.29, 0.717) is 5.92 Å². The second-order valence-electron chi connectivity index (χ2n) is 3.00. The monoisotopic (exact) mass is 121 g/mol. The third-order valence-electron chi connectivity index (χ3n) is 2.44. The van der Waals surface area contributed by atoms with Crippen molar-refractivity contribution in [3.8, 4) is 0 Å². The molecule has 2 aliphatic carbocycles. The standard InChI is InChI=1S/C8H11N/c9-8-5-2-1-3-7(8)4-6-8/h1-3,5,7H,4,6,9H2. The predicted molar refractivity (Wildman–Crippen MR) is 37.9 cm³/mol. The zero-order chi connectivity index (χ0) is 6.32. The molecule has 1 saturated carbocycles. The zero-order valence-electron chi connectivity index (χ0n) is 5.38. The van der Waals surface area contributed by atoms with Crippen LogP contribution in [0, 0.1) is 5.92 Å². The Bertz CT molecular complexity index is 181. The Labute approximate surface area is 55.2 Å². The summed E-state index contributed by atoms with van der Waals surface area (Å²) in [7, 11) is 0. The van der Waals surface area contributed by atoms with Gasteiger partial charge in [-0.2, -0.15) is 0 Å². The number of nitrogens with two attached hydrogens (primary N) is 1. The van der Waals surface area contributed by atoms with Crippen LogP contribution in [0.15, 0.2) is 24.3 Å². The first kappa shape index (κ1) is 5.24. The maximum Gasteiger partial charge on any atom is 0.0406 e. The van der Waals surface area contributed by atoms with Gasteiger partial charge >= 0.3 is 0 Å². The summed E-state index contributed by atoms with van der Waals surface area (Å²) < 4.78 is 0. The van der Waals surface area contributed by atoms with Crippen LogP contribution in [0.5, 0.6) is 0 Å². The van der Waals surface area contributed by atoms with Gasteiger partial charge in [-0.1, -0.05) is 24.3 Å². The number of fused-ring (bicyclic) bond motifs is 1. The van der Waals surface area contributed by atoms with Gasteiger partial charge in [-0.15, -0.1) is 0 Å². The van der Waals surface area contributed by atoms with Crippen LogP contribution in [-0.2, 0) is 0 Å². The van der Waals surface area contributed by atoms with Crippen LogP contribution < -0.4 is 5.73 Å². The molecule has 2 unspecified atom stereocenters. The second kappa shape index (κ2) is 1.48. The summed E-state index contributed by atoms with van der Waals surface area (Å²) in [6, 6.07) is 0. The maximum atomic E-state index is 5.97. The lowest BCUT2D eigenvalue weighted by Crippen LogP contribution is -2.53. The molecule has 0 spiro atoms. The highest BCUT2D eigenvalue weighted by atomic mass is 14.8. The Hall–Kier alpha value is -0.560. The summed E-state index contributed by atoms with van der Waals surface area (Å²) in [5, 5.41) is 0. The predicted octanol–water partition coefficient (Wildman–Crippen LogP) is 1.22. The number of hydrogen-bond donors (Lipinski definition) is 1. The molecule has 9 heavy (non-hydrogen) atoms. The van der Waals surface area contributed by atoms with Crippen LogP contribution >= 0.6 is 0 Å². The molecular formula is C8H11N. The molecule has 48 valence electrons. The SMILES string of the molecule is NC12C=CC=CC1CC2. The average Bonchev–Trinajstić information content (AvgIpc) is 1.82. The van der Waals surface area contributed by atoms with Crippen molar-refractivity contribution in [2.45, 2.75) is 18.4 Å². The summed E-state index contributed by atoms with van der Waals surface area (Å²) in [6.45, 7) is 0. The Morgan fingerprint density at radius 1 is 1.44 bits per heavy atom. The lowest BCUT2D eigenvalue weighted by atomic mass is 9.65. The first-order valence-corrected chi connectivity index (χ1v) is 3.46. The summed E-state index contributed by atoms with van der Waals surface area (Å²) in [5.74, 6) is 0.641. The molecule has 0 radical (unpaired) electrons. The van der Waals surface area contributed by atoms with Gasteiger partial charge in [0.25, 0.3) is 0 Å². The van der Waals surface area contributed by atoms with E-state index in [1.165, 1.54) is 12.8 Å². The molecule has 0 aromatic rings. The second-order valence-corrected chi connectivity index (χ2v) is 3.00. The Balaban J connectivity index is 2.27. The Kier molecular flexibility index (Phi) is 0.862. The summed E-state index contributed by atoms with van der Waals surface area (Å²) in [4.78, 5) is 0. The Morgan fingerprint density at radius 3 is 2.67 bits per heavy atom. The third-order valence-corrected chi connectivity index (χ3v) is 2.44. The molecule has 2 atom stereocenters. The van der Waals surface area contributed by atoms with Gasteiger partial charge < -0.3 is 5.73 Å². The molecule has 1 heteroatoms. The van der Waals surface area contributed by atoms with E-state index < -0.39 is 0 Å². The number of allylic oxidation sites excluding steroid dienone is 2. The molecule has 0 aromatic heterocycles. The molecule has 2 N–H and O–H groups in total. The van der Waals surface area contributed by atoms with E-state index >= 15 is 0 Å². The van der Waals surface area contributed by atoms with Crippen LogP contribution in [0.25, 0.3) is 0 Å². The maximum absolute atomic E-state index is 5.97. The van der Waals surface area contributed by atoms with E-state index in [2.05, 4.69) is 24.3 Å². The largest absolute Gasteiger partial charge is 0.321 e. The molecule has 0 heterocycles. The van der Waals surface area contributed by atoms with Crippen molar-refractivity contribution in [1.29, 1.82) is 0 Å². The molecule has 0 amide bonds. The minimum absolute atomic E-state index is 0.0503. The van der Waals surface area contributed by atoms with Gasteiger partial charge in [-0.05, 0) is 18.8 Å². The third kappa shape index (κ3) is 0.583. The van der Waals surface area contributed by atoms with Gasteiger partial charge in [0.15, 0.2) is 0 Å². The van der Waals surface area contributed by atoms with Gasteiger partial charge in [-0.25, -0.2) is 0 Å². The molecular weight excluding hydrogens is 110 g/mol. The van der Waals surface area contributed by atoms with Crippen LogP contribution in [-0.4, -0.2) is 5.54 Å². The molecule has 1 fully saturated rings. The average molecular weight is 121 g/mol. The highest BCUT2D eigenvalue weighted by molar-refractivity contribution is 5.27. The Morgan fingerprint density at radius 2 is 2.33 bits per heavy atom. The van der Waals surface area contributed by atoms with Crippen LogP contribution in [0.1, 0.15) is 12.8 Å². The summed E-state index contributed by atoms with van der Waals surface area (Å²) >= 11 is 0. The van der Waals surface area contributed by atoms with Crippen molar-refractivity contribution in [3.05, 3.63) is 24.3 Å². The van der Waals surface area contributed by atoms with Gasteiger partial charge in [-0.3, -0.25) is 0 Å². The highest BCUT2D eigenvalue weighted by Crippen LogP contribution is 2.40. The molecule has 0 saturated heterocycles. The van der Waals surface area contributed by atoms with E-state index in [-0.39, 0.29) is 5.54 Å². The van der Waals surface area contributed by atoms with E-state index in [4.69, 9.17) is 5.73 Å². The fourth-order valence-electron chi connectivity index (χ4n) is 1.56. The van der Waals surface area contributed by atoms with Crippen LogP contribution in [0.3, 0.4) is 0 Å². The fraction of sp³-hybridized carbons (Fsp3) is 0.500. The fourth-order valence-corrected chi connectivity index (χ4v) is 1.56. The number of rotatable bonds is 0. The summed E-state index contributed by atoms with van der Waals surface area (Å²) in [6.07, 6.45) is 10.9. The molecule has 0 bridgehead atoms. The van der Waals surface area contributed by atoms with Crippen LogP contribution in [0.2, 0.25) is 0 Å². The van der Waals surface area contributed by atoms with Crippen molar-refractivity contribution >= 4 is 0 Å². The molecule has 0 aromatic carbocycles. The van der Waals surface area contributed by atoms with E-state index in [1.807, 2.05) is 0 Å². The number of hydrogen-bond acceptors (Lipinski definition) is 1. The first-order chi connectivity index (χ1) is 4.31. The van der Waals surface area contributed by atoms with E-state index in [9.17, 15) is 0 Å². The van der Waals surface area contributed by atoms with Crippen molar-refractivity contribution < 1.29 is 0 Å². The normalized spacial score (nSPS) is 46.1. The quantitative estimate of drug-likeness (QED) is 0.512. The molecule has 2 rings (SSSR count). The van der Waals surface area contributed by atoms with Crippen molar-refractivity contribution in [2.24, 2.45) is 11.7 Å². The van der Waals surface area contributed by atoms with Crippen molar-refractivity contribution in [2.75, 3.05) is 0 Å². The summed E-state index contributed by atoms with van der Waals surface area (Å²) in [5.41, 5.74) is 6.02. The van der Waals surface area contributed by atoms with E-state index in [0.717, 1.165) is 0 Å². The topological polar surface area (TPSA) is 26.0 Å². The van der Waals surface area contributed by atoms with Gasteiger partial charge in [0.05, 0.1) is 0 Å². The van der Waals surface area contributed by atoms with Crippen molar-refractivity contribution in [3.63, 3.8) is 0 Å². The highest BCUT2D eigenvalue weighted by Gasteiger charge is 2.40. The lowest BCUT2D eigenvalue weighted by Gasteiger charge is -2.44. The molecule has 2 aliphatic rings.